The van der Waals surface area contributed by atoms with Gasteiger partial charge in [-0.2, -0.15) is 0 Å². The molecule has 0 heterocycles. The van der Waals surface area contributed by atoms with Gasteiger partial charge >= 0.3 is 0 Å². The molecule has 17 heavy (non-hydrogen) atoms. The Hall–Kier alpha value is -1.37. The molecule has 0 aromatic heterocycles. The number of ketones is 1. The lowest BCUT2D eigenvalue weighted by molar-refractivity contribution is -0.122. The minimum absolute atomic E-state index is 0.220. The third-order valence-corrected chi connectivity index (χ3v) is 3.08. The lowest BCUT2D eigenvalue weighted by Crippen LogP contribution is -2.08. The molecule has 0 radical (unpaired) electrons. The van der Waals surface area contributed by atoms with Crippen molar-refractivity contribution in [2.45, 2.75) is 39.5 Å². The monoisotopic (exact) mass is 230 g/mol. The summed E-state index contributed by atoms with van der Waals surface area (Å²) < 4.78 is 0. The predicted molar refractivity (Wildman–Crippen MR) is 73.0 cm³/mol. The van der Waals surface area contributed by atoms with Gasteiger partial charge in [0.25, 0.3) is 0 Å². The fraction of sp³-hybridized carbons (Fsp3) is 0.438. The number of hydrogen-bond donors (Lipinski definition) is 0. The second kappa shape index (κ2) is 7.83. The van der Waals surface area contributed by atoms with Crippen molar-refractivity contribution >= 4 is 5.78 Å². The van der Waals surface area contributed by atoms with E-state index in [4.69, 9.17) is 0 Å². The zero-order valence-electron chi connectivity index (χ0n) is 10.9. The summed E-state index contributed by atoms with van der Waals surface area (Å²) in [5.74, 6) is 0.606. The van der Waals surface area contributed by atoms with Crippen LogP contribution in [0.25, 0.3) is 0 Å². The van der Waals surface area contributed by atoms with Crippen LogP contribution in [-0.4, -0.2) is 5.78 Å². The van der Waals surface area contributed by atoms with Gasteiger partial charge in [0.1, 0.15) is 5.78 Å². The molecule has 1 aromatic rings. The van der Waals surface area contributed by atoms with Crippen LogP contribution in [-0.2, 0) is 11.2 Å². The molecule has 0 aliphatic carbocycles. The van der Waals surface area contributed by atoms with Crippen molar-refractivity contribution in [3.63, 3.8) is 0 Å². The number of benzene rings is 1. The number of rotatable bonds is 7. The second-order valence-corrected chi connectivity index (χ2v) is 4.48. The molecule has 0 spiro atoms. The Bertz CT molecular complexity index is 351. The molecule has 0 aliphatic rings. The zero-order valence-corrected chi connectivity index (χ0v) is 10.9. The van der Waals surface area contributed by atoms with E-state index in [1.54, 1.807) is 0 Å². The van der Waals surface area contributed by atoms with Crippen LogP contribution in [0.1, 0.15) is 38.7 Å². The van der Waals surface area contributed by atoms with E-state index in [2.05, 4.69) is 43.3 Å². The van der Waals surface area contributed by atoms with Gasteiger partial charge in [-0.3, -0.25) is 4.79 Å². The summed E-state index contributed by atoms with van der Waals surface area (Å²) in [6.45, 7) is 4.07. The highest BCUT2D eigenvalue weighted by atomic mass is 16.1. The molecular formula is C16H22O. The molecule has 1 unspecified atom stereocenters. The maximum atomic E-state index is 11.6. The Labute approximate surface area is 105 Å². The summed E-state index contributed by atoms with van der Waals surface area (Å²) in [4.78, 5) is 11.6. The highest BCUT2D eigenvalue weighted by molar-refractivity contribution is 5.80. The Morgan fingerprint density at radius 3 is 2.59 bits per heavy atom. The van der Waals surface area contributed by atoms with Crippen molar-refractivity contribution in [2.24, 2.45) is 5.92 Å². The molecule has 0 amide bonds. The van der Waals surface area contributed by atoms with Crippen molar-refractivity contribution in [1.29, 1.82) is 0 Å². The minimum atomic E-state index is 0.220. The molecule has 1 rings (SSSR count). The number of carbonyl (C=O) groups is 1. The first-order chi connectivity index (χ1) is 8.24. The van der Waals surface area contributed by atoms with Crippen LogP contribution in [0.15, 0.2) is 42.5 Å². The molecule has 1 atom stereocenters. The van der Waals surface area contributed by atoms with Crippen LogP contribution >= 0.6 is 0 Å². The van der Waals surface area contributed by atoms with Gasteiger partial charge in [-0.1, -0.05) is 56.3 Å². The van der Waals surface area contributed by atoms with E-state index >= 15 is 0 Å². The van der Waals surface area contributed by atoms with Gasteiger partial charge in [-0.05, 0) is 24.8 Å². The van der Waals surface area contributed by atoms with Crippen molar-refractivity contribution in [1.82, 2.24) is 0 Å². The van der Waals surface area contributed by atoms with E-state index in [1.807, 2.05) is 13.0 Å². The molecule has 0 aliphatic heterocycles. The molecule has 1 aromatic carbocycles. The highest BCUT2D eigenvalue weighted by Gasteiger charge is 2.08. The summed E-state index contributed by atoms with van der Waals surface area (Å²) in [5.41, 5.74) is 1.32. The maximum Gasteiger partial charge on any atom is 0.135 e. The van der Waals surface area contributed by atoms with Gasteiger partial charge in [0.05, 0.1) is 0 Å². The van der Waals surface area contributed by atoms with E-state index < -0.39 is 0 Å². The van der Waals surface area contributed by atoms with Gasteiger partial charge in [0, 0.05) is 12.3 Å². The Balaban J connectivity index is 2.21. The summed E-state index contributed by atoms with van der Waals surface area (Å²) >= 11 is 0. The van der Waals surface area contributed by atoms with Gasteiger partial charge in [0.2, 0.25) is 0 Å². The van der Waals surface area contributed by atoms with Gasteiger partial charge in [-0.15, -0.1) is 0 Å². The third kappa shape index (κ3) is 5.48. The third-order valence-electron chi connectivity index (χ3n) is 3.08. The first kappa shape index (κ1) is 13.7. The topological polar surface area (TPSA) is 17.1 Å². The first-order valence-electron chi connectivity index (χ1n) is 6.45. The van der Waals surface area contributed by atoms with Crippen molar-refractivity contribution < 1.29 is 4.79 Å². The summed E-state index contributed by atoms with van der Waals surface area (Å²) in [7, 11) is 0. The zero-order chi connectivity index (χ0) is 12.5. The minimum Gasteiger partial charge on any atom is -0.299 e. The smallest absolute Gasteiger partial charge is 0.135 e. The normalized spacial score (nSPS) is 12.8. The highest BCUT2D eigenvalue weighted by Crippen LogP contribution is 2.08. The first-order valence-corrected chi connectivity index (χ1v) is 6.45. The molecule has 0 N–H and O–H groups in total. The molecule has 0 fully saturated rings. The van der Waals surface area contributed by atoms with Crippen LogP contribution in [0.4, 0.5) is 0 Å². The SMILES string of the molecule is CCC(C)C(=O)CCC=CCc1ccccc1. The van der Waals surface area contributed by atoms with Gasteiger partial charge in [0.15, 0.2) is 0 Å². The van der Waals surface area contributed by atoms with E-state index in [0.29, 0.717) is 12.2 Å². The average Bonchev–Trinajstić information content (AvgIpc) is 2.38. The van der Waals surface area contributed by atoms with Crippen LogP contribution in [0, 0.1) is 5.92 Å². The van der Waals surface area contributed by atoms with Crippen LogP contribution in [0.5, 0.6) is 0 Å². The molecule has 1 heteroatoms. The van der Waals surface area contributed by atoms with Crippen molar-refractivity contribution in [2.75, 3.05) is 0 Å². The number of Topliss-reactive ketones (excluding diaryl/α,β-unsaturated/α-hetero) is 1. The van der Waals surface area contributed by atoms with E-state index in [0.717, 1.165) is 19.3 Å². The molecule has 92 valence electrons. The summed E-state index contributed by atoms with van der Waals surface area (Å²) in [5, 5.41) is 0. The van der Waals surface area contributed by atoms with E-state index in [-0.39, 0.29) is 5.92 Å². The summed E-state index contributed by atoms with van der Waals surface area (Å²) in [6.07, 6.45) is 7.73. The van der Waals surface area contributed by atoms with E-state index in [9.17, 15) is 4.79 Å². The lowest BCUT2D eigenvalue weighted by atomic mass is 10.00. The molecule has 0 saturated carbocycles. The van der Waals surface area contributed by atoms with Crippen molar-refractivity contribution in [3.05, 3.63) is 48.0 Å². The fourth-order valence-electron chi connectivity index (χ4n) is 1.65. The summed E-state index contributed by atoms with van der Waals surface area (Å²) in [6, 6.07) is 10.4. The Morgan fingerprint density at radius 2 is 1.94 bits per heavy atom. The number of hydrogen-bond acceptors (Lipinski definition) is 1. The van der Waals surface area contributed by atoms with Gasteiger partial charge in [-0.25, -0.2) is 0 Å². The standard InChI is InChI=1S/C16H22O/c1-3-14(2)16(17)13-9-5-8-12-15-10-6-4-7-11-15/h4-8,10-11,14H,3,9,12-13H2,1-2H3. The number of carbonyl (C=O) groups excluding carboxylic acids is 1. The quantitative estimate of drug-likeness (QED) is 0.642. The predicted octanol–water partition coefficient (Wildman–Crippen LogP) is 4.18. The maximum absolute atomic E-state index is 11.6. The van der Waals surface area contributed by atoms with Gasteiger partial charge < -0.3 is 0 Å². The molecular weight excluding hydrogens is 208 g/mol. The average molecular weight is 230 g/mol. The fourth-order valence-corrected chi connectivity index (χ4v) is 1.65. The number of allylic oxidation sites excluding steroid dienone is 2. The molecule has 0 bridgehead atoms. The second-order valence-electron chi connectivity index (χ2n) is 4.48. The molecule has 1 nitrogen and oxygen atoms in total. The molecule has 0 saturated heterocycles. The van der Waals surface area contributed by atoms with Crippen LogP contribution in [0.3, 0.4) is 0 Å². The van der Waals surface area contributed by atoms with E-state index in [1.165, 1.54) is 5.56 Å². The van der Waals surface area contributed by atoms with Crippen LogP contribution in [0.2, 0.25) is 0 Å². The largest absolute Gasteiger partial charge is 0.299 e. The Morgan fingerprint density at radius 1 is 1.24 bits per heavy atom. The Kier molecular flexibility index (Phi) is 6.31. The van der Waals surface area contributed by atoms with Crippen LogP contribution < -0.4 is 0 Å². The van der Waals surface area contributed by atoms with Crippen molar-refractivity contribution in [3.8, 4) is 0 Å². The lowest BCUT2D eigenvalue weighted by Gasteiger charge is -2.04.